The standard InChI is InChI=1S/C18H14O3S/c1-12-8-9-22-17(12)18(20)21-11-16(19)15-7-6-13-4-2-3-5-14(13)10-15/h2-10H,11H2,1H3. The molecular weight excluding hydrogens is 296 g/mol. The molecule has 110 valence electrons. The second-order valence-electron chi connectivity index (χ2n) is 4.99. The minimum atomic E-state index is -0.443. The lowest BCUT2D eigenvalue weighted by Gasteiger charge is -2.05. The third-order valence-corrected chi connectivity index (χ3v) is 4.45. The van der Waals surface area contributed by atoms with Crippen LogP contribution in [0.5, 0.6) is 0 Å². The van der Waals surface area contributed by atoms with E-state index in [-0.39, 0.29) is 12.4 Å². The highest BCUT2D eigenvalue weighted by atomic mass is 32.1. The lowest BCUT2D eigenvalue weighted by atomic mass is 10.0. The third-order valence-electron chi connectivity index (χ3n) is 3.45. The van der Waals surface area contributed by atoms with Gasteiger partial charge in [0.05, 0.1) is 0 Å². The summed E-state index contributed by atoms with van der Waals surface area (Å²) in [5.74, 6) is -0.644. The Morgan fingerprint density at radius 1 is 1.05 bits per heavy atom. The van der Waals surface area contributed by atoms with Crippen molar-refractivity contribution >= 4 is 33.9 Å². The number of ketones is 1. The Hall–Kier alpha value is -2.46. The third kappa shape index (κ3) is 2.92. The van der Waals surface area contributed by atoms with Gasteiger partial charge in [0, 0.05) is 5.56 Å². The van der Waals surface area contributed by atoms with Crippen LogP contribution in [0.3, 0.4) is 0 Å². The van der Waals surface area contributed by atoms with E-state index in [1.54, 1.807) is 6.07 Å². The molecule has 0 spiro atoms. The van der Waals surface area contributed by atoms with E-state index in [1.807, 2.05) is 54.8 Å². The quantitative estimate of drug-likeness (QED) is 0.534. The molecule has 0 N–H and O–H groups in total. The first-order valence-electron chi connectivity index (χ1n) is 6.88. The maximum atomic E-state index is 12.2. The van der Waals surface area contributed by atoms with Crippen molar-refractivity contribution in [2.45, 2.75) is 6.92 Å². The van der Waals surface area contributed by atoms with Gasteiger partial charge < -0.3 is 4.74 Å². The molecule has 1 aromatic heterocycles. The predicted molar refractivity (Wildman–Crippen MR) is 87.6 cm³/mol. The maximum Gasteiger partial charge on any atom is 0.349 e. The molecule has 0 radical (unpaired) electrons. The van der Waals surface area contributed by atoms with Gasteiger partial charge in [-0.2, -0.15) is 0 Å². The number of hydrogen-bond donors (Lipinski definition) is 0. The monoisotopic (exact) mass is 310 g/mol. The van der Waals surface area contributed by atoms with Crippen LogP contribution in [0.15, 0.2) is 53.9 Å². The van der Waals surface area contributed by atoms with E-state index >= 15 is 0 Å². The van der Waals surface area contributed by atoms with Crippen LogP contribution in [0.4, 0.5) is 0 Å². The molecule has 22 heavy (non-hydrogen) atoms. The predicted octanol–water partition coefficient (Wildman–Crippen LogP) is 4.25. The minimum absolute atomic E-state index is 0.201. The minimum Gasteiger partial charge on any atom is -0.453 e. The number of thiophene rings is 1. The highest BCUT2D eigenvalue weighted by molar-refractivity contribution is 7.12. The van der Waals surface area contributed by atoms with Crippen LogP contribution in [0.25, 0.3) is 10.8 Å². The van der Waals surface area contributed by atoms with E-state index in [9.17, 15) is 9.59 Å². The summed E-state index contributed by atoms with van der Waals surface area (Å²) in [6.45, 7) is 1.60. The van der Waals surface area contributed by atoms with Crippen LogP contribution in [0, 0.1) is 6.92 Å². The molecule has 0 aliphatic heterocycles. The Balaban J connectivity index is 1.71. The Bertz CT molecular complexity index is 848. The molecule has 0 bridgehead atoms. The summed E-state index contributed by atoms with van der Waals surface area (Å²) < 4.78 is 5.12. The number of rotatable bonds is 4. The van der Waals surface area contributed by atoms with Crippen molar-refractivity contribution in [3.8, 4) is 0 Å². The molecule has 0 amide bonds. The lowest BCUT2D eigenvalue weighted by Crippen LogP contribution is -2.14. The average molecular weight is 310 g/mol. The topological polar surface area (TPSA) is 43.4 Å². The van der Waals surface area contributed by atoms with Crippen LogP contribution in [0.2, 0.25) is 0 Å². The fourth-order valence-electron chi connectivity index (χ4n) is 2.22. The molecule has 0 atom stereocenters. The SMILES string of the molecule is Cc1ccsc1C(=O)OCC(=O)c1ccc2ccccc2c1. The zero-order valence-corrected chi connectivity index (χ0v) is 12.9. The van der Waals surface area contributed by atoms with Crippen LogP contribution < -0.4 is 0 Å². The molecular formula is C18H14O3S. The van der Waals surface area contributed by atoms with Gasteiger partial charge in [-0.25, -0.2) is 4.79 Å². The van der Waals surface area contributed by atoms with Crippen LogP contribution >= 0.6 is 11.3 Å². The second kappa shape index (κ2) is 6.12. The van der Waals surface area contributed by atoms with Crippen LogP contribution in [0.1, 0.15) is 25.6 Å². The Morgan fingerprint density at radius 3 is 2.55 bits per heavy atom. The summed E-state index contributed by atoms with van der Waals surface area (Å²) in [7, 11) is 0. The summed E-state index contributed by atoms with van der Waals surface area (Å²) in [5.41, 5.74) is 1.42. The molecule has 3 rings (SSSR count). The molecule has 2 aromatic carbocycles. The van der Waals surface area contributed by atoms with Gasteiger partial charge in [0.15, 0.2) is 12.4 Å². The zero-order chi connectivity index (χ0) is 15.5. The van der Waals surface area contributed by atoms with Crippen LogP contribution in [-0.2, 0) is 4.74 Å². The highest BCUT2D eigenvalue weighted by Crippen LogP contribution is 2.18. The van der Waals surface area contributed by atoms with Crippen molar-refractivity contribution in [3.63, 3.8) is 0 Å². The fourth-order valence-corrected chi connectivity index (χ4v) is 3.04. The normalized spacial score (nSPS) is 10.6. The Labute approximate surface area is 132 Å². The van der Waals surface area contributed by atoms with Gasteiger partial charge in [-0.15, -0.1) is 11.3 Å². The van der Waals surface area contributed by atoms with E-state index in [0.29, 0.717) is 10.4 Å². The van der Waals surface area contributed by atoms with E-state index < -0.39 is 5.97 Å². The van der Waals surface area contributed by atoms with Crippen LogP contribution in [-0.4, -0.2) is 18.4 Å². The van der Waals surface area contributed by atoms with Gasteiger partial charge in [-0.1, -0.05) is 36.4 Å². The van der Waals surface area contributed by atoms with E-state index in [1.165, 1.54) is 11.3 Å². The average Bonchev–Trinajstić information content (AvgIpc) is 2.98. The molecule has 4 heteroatoms. The van der Waals surface area contributed by atoms with Gasteiger partial charge in [0.25, 0.3) is 0 Å². The largest absolute Gasteiger partial charge is 0.453 e. The Morgan fingerprint density at radius 2 is 1.82 bits per heavy atom. The summed E-state index contributed by atoms with van der Waals surface area (Å²) in [6, 6.07) is 15.2. The van der Waals surface area contributed by atoms with Gasteiger partial charge in [0.1, 0.15) is 4.88 Å². The molecule has 0 saturated heterocycles. The van der Waals surface area contributed by atoms with Gasteiger partial charge >= 0.3 is 5.97 Å². The van der Waals surface area contributed by atoms with Crippen molar-refractivity contribution < 1.29 is 14.3 Å². The first kappa shape index (κ1) is 14.5. The smallest absolute Gasteiger partial charge is 0.349 e. The number of ether oxygens (including phenoxy) is 1. The first-order valence-corrected chi connectivity index (χ1v) is 7.76. The van der Waals surface area contributed by atoms with Crippen molar-refractivity contribution in [2.24, 2.45) is 0 Å². The van der Waals surface area contributed by atoms with Crippen molar-refractivity contribution in [1.29, 1.82) is 0 Å². The Kier molecular flexibility index (Phi) is 4.02. The van der Waals surface area contributed by atoms with Gasteiger partial charge in [-0.05, 0) is 40.8 Å². The number of benzene rings is 2. The number of Topliss-reactive ketones (excluding diaryl/α,β-unsaturated/α-hetero) is 1. The summed E-state index contributed by atoms with van der Waals surface area (Å²) in [5, 5.41) is 3.90. The van der Waals surface area contributed by atoms with Gasteiger partial charge in [-0.3, -0.25) is 4.79 Å². The first-order chi connectivity index (χ1) is 10.6. The molecule has 0 fully saturated rings. The molecule has 3 aromatic rings. The van der Waals surface area contributed by atoms with Crippen molar-refractivity contribution in [1.82, 2.24) is 0 Å². The molecule has 1 heterocycles. The molecule has 3 nitrogen and oxygen atoms in total. The number of carbonyl (C=O) groups is 2. The number of esters is 1. The molecule has 0 aliphatic rings. The number of fused-ring (bicyclic) bond motifs is 1. The number of carbonyl (C=O) groups excluding carboxylic acids is 2. The van der Waals surface area contributed by atoms with E-state index in [2.05, 4.69) is 0 Å². The zero-order valence-electron chi connectivity index (χ0n) is 12.0. The second-order valence-corrected chi connectivity index (χ2v) is 5.91. The van der Waals surface area contributed by atoms with E-state index in [4.69, 9.17) is 4.74 Å². The molecule has 0 unspecified atom stereocenters. The highest BCUT2D eigenvalue weighted by Gasteiger charge is 2.15. The number of aryl methyl sites for hydroxylation is 1. The maximum absolute atomic E-state index is 12.2. The van der Waals surface area contributed by atoms with Crippen molar-refractivity contribution in [2.75, 3.05) is 6.61 Å². The summed E-state index contributed by atoms with van der Waals surface area (Å²) in [6.07, 6.45) is 0. The molecule has 0 aliphatic carbocycles. The summed E-state index contributed by atoms with van der Waals surface area (Å²) >= 11 is 1.32. The number of hydrogen-bond acceptors (Lipinski definition) is 4. The van der Waals surface area contributed by atoms with Crippen molar-refractivity contribution in [3.05, 3.63) is 69.9 Å². The fraction of sp³-hybridized carbons (Fsp3) is 0.111. The lowest BCUT2D eigenvalue weighted by molar-refractivity contribution is 0.0479. The molecule has 0 saturated carbocycles. The van der Waals surface area contributed by atoms with E-state index in [0.717, 1.165) is 16.3 Å². The van der Waals surface area contributed by atoms with Gasteiger partial charge in [0.2, 0.25) is 0 Å². The summed E-state index contributed by atoms with van der Waals surface area (Å²) in [4.78, 5) is 24.6.